The number of fused-ring (bicyclic) bond motifs is 5. The second-order valence-corrected chi connectivity index (χ2v) is 6.24. The van der Waals surface area contributed by atoms with Gasteiger partial charge in [-0.2, -0.15) is 0 Å². The van der Waals surface area contributed by atoms with Crippen LogP contribution < -0.4 is 0 Å². The summed E-state index contributed by atoms with van der Waals surface area (Å²) in [5.74, 6) is -1.19. The molecule has 4 nitrogen and oxygen atoms in total. The Morgan fingerprint density at radius 2 is 2.09 bits per heavy atom. The van der Waals surface area contributed by atoms with Gasteiger partial charge in [-0.25, -0.2) is 4.58 Å². The Labute approximate surface area is 135 Å². The van der Waals surface area contributed by atoms with Gasteiger partial charge in [0.25, 0.3) is 6.34 Å². The molecular formula is C19H21N2O2+. The van der Waals surface area contributed by atoms with Gasteiger partial charge in [0.1, 0.15) is 12.3 Å². The number of methoxy groups -OCH3 is 1. The van der Waals surface area contributed by atoms with Gasteiger partial charge in [0, 0.05) is 12.7 Å². The second kappa shape index (κ2) is 4.98. The Balaban J connectivity index is 2.02. The Bertz CT molecular complexity index is 856. The van der Waals surface area contributed by atoms with E-state index >= 15 is 0 Å². The lowest BCUT2D eigenvalue weighted by Gasteiger charge is -2.17. The van der Waals surface area contributed by atoms with Crippen molar-refractivity contribution in [1.82, 2.24) is 0 Å². The number of benzene rings is 2. The standard InChI is InChI=1S/C19H21N2O2/c1-4-20-11-21-12(2)16-14-8-6-5-7-13(14)9-10-15(16)17-18(21)19(17,22)23-3/h5-11,17-18,22H,4H2,1-3H3/q+1/b20-11-. The molecule has 0 spiro atoms. The average Bonchev–Trinajstić information content (AvgIpc) is 3.20. The first-order valence-corrected chi connectivity index (χ1v) is 8.04. The van der Waals surface area contributed by atoms with Crippen molar-refractivity contribution >= 4 is 22.8 Å². The molecule has 118 valence electrons. The molecule has 2 aliphatic rings. The lowest BCUT2D eigenvalue weighted by Crippen LogP contribution is -2.30. The van der Waals surface area contributed by atoms with Gasteiger partial charge in [-0.05, 0) is 30.2 Å². The molecule has 1 fully saturated rings. The molecule has 23 heavy (non-hydrogen) atoms. The zero-order valence-electron chi connectivity index (χ0n) is 13.7. The van der Waals surface area contributed by atoms with Crippen LogP contribution in [0.2, 0.25) is 0 Å². The number of nitrogens with zero attached hydrogens (tertiary/aromatic N) is 2. The fraction of sp³-hybridized carbons (Fsp3) is 0.368. The predicted octanol–water partition coefficient (Wildman–Crippen LogP) is 2.52. The number of aliphatic imine (C=N–C) groups is 1. The molecule has 1 heterocycles. The Kier molecular flexibility index (Phi) is 3.15. The van der Waals surface area contributed by atoms with Crippen molar-refractivity contribution < 1.29 is 14.4 Å². The van der Waals surface area contributed by atoms with Crippen LogP contribution in [0.25, 0.3) is 10.8 Å². The van der Waals surface area contributed by atoms with Gasteiger partial charge in [0.05, 0.1) is 5.92 Å². The molecule has 1 N–H and O–H groups in total. The summed E-state index contributed by atoms with van der Waals surface area (Å²) in [6.07, 6.45) is 1.84. The molecule has 0 saturated heterocycles. The molecule has 3 atom stereocenters. The fourth-order valence-corrected chi connectivity index (χ4v) is 3.95. The third-order valence-electron chi connectivity index (χ3n) is 5.14. The smallest absolute Gasteiger partial charge is 0.280 e. The highest BCUT2D eigenvalue weighted by Gasteiger charge is 2.73. The summed E-state index contributed by atoms with van der Waals surface area (Å²) in [4.78, 5) is 4.39. The third kappa shape index (κ3) is 1.85. The number of hydrogen-bond donors (Lipinski definition) is 1. The number of aliphatic hydroxyl groups is 1. The summed E-state index contributed by atoms with van der Waals surface area (Å²) in [6.45, 7) is 4.82. The van der Waals surface area contributed by atoms with Crippen molar-refractivity contribution in [2.75, 3.05) is 13.7 Å². The topological polar surface area (TPSA) is 44.8 Å². The third-order valence-corrected chi connectivity index (χ3v) is 5.14. The molecule has 2 aromatic rings. The SMILES string of the molecule is CC/N=C\[N+]1=C(C)c2c(ccc3ccccc23)C2C1C2(O)OC. The quantitative estimate of drug-likeness (QED) is 0.410. The number of ether oxygens (including phenoxy) is 1. The van der Waals surface area contributed by atoms with E-state index in [0.29, 0.717) is 0 Å². The molecule has 0 radical (unpaired) electrons. The van der Waals surface area contributed by atoms with Crippen LogP contribution in [0.3, 0.4) is 0 Å². The summed E-state index contributed by atoms with van der Waals surface area (Å²) in [6, 6.07) is 12.5. The highest BCUT2D eigenvalue weighted by atomic mass is 16.6. The van der Waals surface area contributed by atoms with Crippen molar-refractivity contribution in [2.45, 2.75) is 31.6 Å². The Morgan fingerprint density at radius 1 is 1.30 bits per heavy atom. The largest absolute Gasteiger partial charge is 0.362 e. The van der Waals surface area contributed by atoms with E-state index < -0.39 is 5.79 Å². The van der Waals surface area contributed by atoms with Crippen LogP contribution in [0.15, 0.2) is 41.4 Å². The lowest BCUT2D eigenvalue weighted by molar-refractivity contribution is -0.440. The van der Waals surface area contributed by atoms with Crippen molar-refractivity contribution in [2.24, 2.45) is 4.99 Å². The van der Waals surface area contributed by atoms with Crippen molar-refractivity contribution in [3.05, 3.63) is 47.5 Å². The van der Waals surface area contributed by atoms with E-state index in [4.69, 9.17) is 4.74 Å². The molecule has 0 aromatic heterocycles. The van der Waals surface area contributed by atoms with E-state index in [-0.39, 0.29) is 12.0 Å². The fourth-order valence-electron chi connectivity index (χ4n) is 3.95. The monoisotopic (exact) mass is 309 g/mol. The van der Waals surface area contributed by atoms with Gasteiger partial charge in [0.2, 0.25) is 5.79 Å². The molecule has 1 aliphatic carbocycles. The molecule has 1 aliphatic heterocycles. The molecule has 1 saturated carbocycles. The highest BCUT2D eigenvalue weighted by Crippen LogP contribution is 2.57. The van der Waals surface area contributed by atoms with Crippen LogP contribution in [-0.4, -0.2) is 47.2 Å². The normalized spacial score (nSPS) is 29.0. The minimum absolute atomic E-state index is 0.0425. The molecule has 0 amide bonds. The predicted molar refractivity (Wildman–Crippen MR) is 91.5 cm³/mol. The first-order chi connectivity index (χ1) is 11.1. The van der Waals surface area contributed by atoms with Crippen molar-refractivity contribution in [3.63, 3.8) is 0 Å². The van der Waals surface area contributed by atoms with E-state index in [2.05, 4.69) is 52.9 Å². The summed E-state index contributed by atoms with van der Waals surface area (Å²) in [5, 5.41) is 13.3. The van der Waals surface area contributed by atoms with Crippen LogP contribution >= 0.6 is 0 Å². The highest BCUT2D eigenvalue weighted by molar-refractivity contribution is 6.10. The zero-order chi connectivity index (χ0) is 16.2. The van der Waals surface area contributed by atoms with Crippen LogP contribution in [0, 0.1) is 0 Å². The minimum Gasteiger partial charge on any atom is -0.362 e. The first-order valence-electron chi connectivity index (χ1n) is 8.04. The molecule has 2 aromatic carbocycles. The maximum Gasteiger partial charge on any atom is 0.280 e. The van der Waals surface area contributed by atoms with Crippen LogP contribution in [0.1, 0.15) is 30.9 Å². The van der Waals surface area contributed by atoms with Crippen LogP contribution in [0.5, 0.6) is 0 Å². The van der Waals surface area contributed by atoms with Crippen LogP contribution in [-0.2, 0) is 4.74 Å². The van der Waals surface area contributed by atoms with Gasteiger partial charge in [-0.1, -0.05) is 41.4 Å². The van der Waals surface area contributed by atoms with Gasteiger partial charge in [-0.15, -0.1) is 0 Å². The van der Waals surface area contributed by atoms with Gasteiger partial charge in [-0.3, -0.25) is 0 Å². The molecule has 4 heteroatoms. The molecular weight excluding hydrogens is 288 g/mol. The summed E-state index contributed by atoms with van der Waals surface area (Å²) in [5.41, 5.74) is 3.47. The summed E-state index contributed by atoms with van der Waals surface area (Å²) >= 11 is 0. The van der Waals surface area contributed by atoms with E-state index in [1.807, 2.05) is 13.3 Å². The lowest BCUT2D eigenvalue weighted by atomic mass is 9.91. The molecule has 4 rings (SSSR count). The molecule has 0 bridgehead atoms. The number of rotatable bonds is 3. The van der Waals surface area contributed by atoms with Crippen molar-refractivity contribution in [1.29, 1.82) is 0 Å². The Hall–Kier alpha value is -2.04. The maximum atomic E-state index is 10.9. The maximum absolute atomic E-state index is 10.9. The van der Waals surface area contributed by atoms with Gasteiger partial charge in [0.15, 0.2) is 6.04 Å². The molecule has 3 unspecified atom stereocenters. The Morgan fingerprint density at radius 3 is 2.83 bits per heavy atom. The van der Waals surface area contributed by atoms with Crippen molar-refractivity contribution in [3.8, 4) is 0 Å². The minimum atomic E-state index is -1.14. The van der Waals surface area contributed by atoms with Gasteiger partial charge >= 0.3 is 0 Å². The average molecular weight is 309 g/mol. The summed E-state index contributed by atoms with van der Waals surface area (Å²) in [7, 11) is 1.57. The van der Waals surface area contributed by atoms with E-state index in [1.165, 1.54) is 16.3 Å². The van der Waals surface area contributed by atoms with E-state index in [1.54, 1.807) is 7.11 Å². The van der Waals surface area contributed by atoms with E-state index in [9.17, 15) is 5.11 Å². The van der Waals surface area contributed by atoms with Crippen LogP contribution in [0.4, 0.5) is 0 Å². The first kappa shape index (κ1) is 14.5. The van der Waals surface area contributed by atoms with E-state index in [0.717, 1.165) is 17.8 Å². The second-order valence-electron chi connectivity index (χ2n) is 6.24. The zero-order valence-corrected chi connectivity index (χ0v) is 13.7. The van der Waals surface area contributed by atoms with Gasteiger partial charge < -0.3 is 9.84 Å². The number of hydrogen-bond acceptors (Lipinski definition) is 3. The summed E-state index contributed by atoms with van der Waals surface area (Å²) < 4.78 is 7.54.